The van der Waals surface area contributed by atoms with Gasteiger partial charge in [-0.1, -0.05) is 66.7 Å². The highest BCUT2D eigenvalue weighted by molar-refractivity contribution is 6.04. The third-order valence-corrected chi connectivity index (χ3v) is 5.72. The highest BCUT2D eigenvalue weighted by atomic mass is 16.7. The molecule has 0 fully saturated rings. The van der Waals surface area contributed by atoms with Gasteiger partial charge in [-0.15, -0.1) is 0 Å². The summed E-state index contributed by atoms with van der Waals surface area (Å²) in [5, 5.41) is 12.3. The van der Waals surface area contributed by atoms with Gasteiger partial charge < -0.3 is 23.7 Å². The quantitative estimate of drug-likeness (QED) is 0.131. The molecule has 10 nitrogen and oxygen atoms in total. The average molecular weight is 514 g/mol. The predicted octanol–water partition coefficient (Wildman–Crippen LogP) is 3.25. The number of carbonyl (C=O) groups excluding carboxylic acids is 2. The molecule has 0 saturated carbocycles. The molecule has 1 heterocycles. The van der Waals surface area contributed by atoms with Crippen LogP contribution in [0.1, 0.15) is 25.0 Å². The van der Waals surface area contributed by atoms with Crippen LogP contribution in [0.15, 0.2) is 72.8 Å². The summed E-state index contributed by atoms with van der Waals surface area (Å²) in [6.45, 7) is 3.12. The lowest BCUT2D eigenvalue weighted by atomic mass is 9.89. The Hall–Kier alpha value is -3.60. The van der Waals surface area contributed by atoms with Crippen LogP contribution in [-0.4, -0.2) is 60.5 Å². The number of nitro groups is 1. The maximum Gasteiger partial charge on any atom is 0.438 e. The van der Waals surface area contributed by atoms with Crippen molar-refractivity contribution in [3.05, 3.63) is 94.1 Å². The van der Waals surface area contributed by atoms with Crippen molar-refractivity contribution in [1.29, 1.82) is 0 Å². The fraction of sp³-hybridized carbons (Fsp3) is 0.407. The van der Waals surface area contributed by atoms with E-state index in [0.29, 0.717) is 0 Å². The van der Waals surface area contributed by atoms with Gasteiger partial charge in [-0.05, 0) is 31.1 Å². The Morgan fingerprint density at radius 1 is 0.892 bits per heavy atom. The second-order valence-electron chi connectivity index (χ2n) is 8.21. The molecule has 10 heteroatoms. The van der Waals surface area contributed by atoms with Gasteiger partial charge in [0, 0.05) is 0 Å². The van der Waals surface area contributed by atoms with Crippen LogP contribution >= 0.6 is 0 Å². The zero-order valence-electron chi connectivity index (χ0n) is 20.8. The molecule has 0 unspecified atom stereocenters. The van der Waals surface area contributed by atoms with E-state index in [4.69, 9.17) is 23.7 Å². The van der Waals surface area contributed by atoms with E-state index < -0.39 is 40.7 Å². The normalized spacial score (nSPS) is 19.2. The van der Waals surface area contributed by atoms with Crippen molar-refractivity contribution in [1.82, 2.24) is 0 Å². The monoisotopic (exact) mass is 513 g/mol. The number of carbonyl (C=O) groups is 2. The van der Waals surface area contributed by atoms with Crippen LogP contribution in [0.3, 0.4) is 0 Å². The minimum absolute atomic E-state index is 0.0192. The maximum atomic E-state index is 12.9. The second-order valence-corrected chi connectivity index (χ2v) is 8.21. The number of ether oxygens (including phenoxy) is 5. The number of hydrogen-bond donors (Lipinski definition) is 0. The molecule has 1 aliphatic heterocycles. The molecule has 0 aliphatic carbocycles. The lowest BCUT2D eigenvalue weighted by molar-refractivity contribution is -0.553. The first kappa shape index (κ1) is 28.0. The van der Waals surface area contributed by atoms with E-state index in [9.17, 15) is 19.7 Å². The lowest BCUT2D eigenvalue weighted by Crippen LogP contribution is -2.65. The highest BCUT2D eigenvalue weighted by Gasteiger charge is 2.68. The van der Waals surface area contributed by atoms with Crippen molar-refractivity contribution < 1.29 is 38.2 Å². The van der Waals surface area contributed by atoms with Crippen LogP contribution in [0.2, 0.25) is 0 Å². The number of esters is 2. The van der Waals surface area contributed by atoms with Crippen molar-refractivity contribution >= 4 is 11.9 Å². The Balaban J connectivity index is 1.87. The van der Waals surface area contributed by atoms with Crippen molar-refractivity contribution in [2.24, 2.45) is 0 Å². The number of rotatable bonds is 13. The first-order valence-corrected chi connectivity index (χ1v) is 12.0. The van der Waals surface area contributed by atoms with Gasteiger partial charge in [0.15, 0.2) is 6.10 Å². The first-order valence-electron chi connectivity index (χ1n) is 12.0. The topological polar surface area (TPSA) is 123 Å². The molecule has 0 N–H and O–H groups in total. The smallest absolute Gasteiger partial charge is 0.438 e. The second kappa shape index (κ2) is 13.6. The van der Waals surface area contributed by atoms with Crippen LogP contribution in [-0.2, 0) is 46.5 Å². The molecule has 0 bridgehead atoms. The van der Waals surface area contributed by atoms with E-state index in [0.717, 1.165) is 11.1 Å². The third kappa shape index (κ3) is 6.79. The molecule has 37 heavy (non-hydrogen) atoms. The fourth-order valence-corrected chi connectivity index (χ4v) is 3.86. The van der Waals surface area contributed by atoms with Crippen LogP contribution in [0, 0.1) is 10.1 Å². The molecule has 3 rings (SSSR count). The molecule has 0 radical (unpaired) electrons. The highest BCUT2D eigenvalue weighted by Crippen LogP contribution is 2.30. The Bertz CT molecular complexity index is 1040. The molecule has 0 aromatic heterocycles. The van der Waals surface area contributed by atoms with Gasteiger partial charge in [-0.2, -0.15) is 0 Å². The van der Waals surface area contributed by atoms with Crippen molar-refractivity contribution in [3.8, 4) is 0 Å². The summed E-state index contributed by atoms with van der Waals surface area (Å²) in [6.07, 6.45) is -0.321. The molecule has 198 valence electrons. The minimum Gasteiger partial charge on any atom is -0.460 e. The van der Waals surface area contributed by atoms with Crippen LogP contribution < -0.4 is 0 Å². The molecule has 0 spiro atoms. The summed E-state index contributed by atoms with van der Waals surface area (Å²) in [7, 11) is 0. The number of benzene rings is 2. The van der Waals surface area contributed by atoms with E-state index in [-0.39, 0.29) is 33.0 Å². The van der Waals surface area contributed by atoms with Crippen LogP contribution in [0.25, 0.3) is 0 Å². The van der Waals surface area contributed by atoms with Crippen molar-refractivity contribution in [2.45, 2.75) is 50.9 Å². The van der Waals surface area contributed by atoms with Crippen LogP contribution in [0.5, 0.6) is 0 Å². The summed E-state index contributed by atoms with van der Waals surface area (Å²) in [4.78, 5) is 37.0. The van der Waals surface area contributed by atoms with Gasteiger partial charge in [0.2, 0.25) is 0 Å². The van der Waals surface area contributed by atoms with Gasteiger partial charge in [-0.3, -0.25) is 10.1 Å². The van der Waals surface area contributed by atoms with Gasteiger partial charge >= 0.3 is 17.5 Å². The van der Waals surface area contributed by atoms with E-state index in [1.807, 2.05) is 60.7 Å². The molecule has 3 atom stereocenters. The Labute approximate surface area is 215 Å². The van der Waals surface area contributed by atoms with Crippen LogP contribution in [0.4, 0.5) is 0 Å². The Kier molecular flexibility index (Phi) is 10.3. The minimum atomic E-state index is -2.94. The predicted molar refractivity (Wildman–Crippen MR) is 132 cm³/mol. The Morgan fingerprint density at radius 3 is 1.95 bits per heavy atom. The molecule has 1 aliphatic rings. The van der Waals surface area contributed by atoms with E-state index in [1.165, 1.54) is 19.9 Å². The van der Waals surface area contributed by atoms with Gasteiger partial charge in [0.1, 0.15) is 12.2 Å². The molecule has 2 aromatic rings. The number of nitrogens with zero attached hydrogens (tertiary/aromatic N) is 1. The van der Waals surface area contributed by atoms with E-state index in [1.54, 1.807) is 6.08 Å². The van der Waals surface area contributed by atoms with E-state index >= 15 is 0 Å². The molecule has 0 amide bonds. The third-order valence-electron chi connectivity index (χ3n) is 5.72. The summed E-state index contributed by atoms with van der Waals surface area (Å²) in [6, 6.07) is 18.9. The van der Waals surface area contributed by atoms with Gasteiger partial charge in [0.25, 0.3) is 0 Å². The average Bonchev–Trinajstić information content (AvgIpc) is 2.90. The summed E-state index contributed by atoms with van der Waals surface area (Å²) in [5.41, 5.74) is -1.10. The van der Waals surface area contributed by atoms with Gasteiger partial charge in [-0.25, -0.2) is 9.59 Å². The zero-order chi connectivity index (χ0) is 26.7. The Morgan fingerprint density at radius 2 is 1.43 bits per heavy atom. The molecular weight excluding hydrogens is 482 g/mol. The van der Waals surface area contributed by atoms with Crippen molar-refractivity contribution in [3.63, 3.8) is 0 Å². The maximum absolute atomic E-state index is 12.9. The summed E-state index contributed by atoms with van der Waals surface area (Å²) < 4.78 is 27.7. The summed E-state index contributed by atoms with van der Waals surface area (Å²) in [5.74, 6) is -2.72. The lowest BCUT2D eigenvalue weighted by Gasteiger charge is -2.35. The number of hydrogen-bond acceptors (Lipinski definition) is 9. The molecule has 0 saturated heterocycles. The molecule has 2 aromatic carbocycles. The molecular formula is C27H31NO9. The van der Waals surface area contributed by atoms with E-state index in [2.05, 4.69) is 0 Å². The SMILES string of the molecule is CCOC(=O)C(C(=O)OCC)([C@@H]1C=C[C@H](OCc2ccccc2)[C@@H](COCc2ccccc2)O1)[N+](=O)[O-]. The largest absolute Gasteiger partial charge is 0.460 e. The zero-order valence-corrected chi connectivity index (χ0v) is 20.8. The van der Waals surface area contributed by atoms with Crippen molar-refractivity contribution in [2.75, 3.05) is 19.8 Å². The summed E-state index contributed by atoms with van der Waals surface area (Å²) >= 11 is 0. The fourth-order valence-electron chi connectivity index (χ4n) is 3.86. The first-order chi connectivity index (χ1) is 17.9. The van der Waals surface area contributed by atoms with Gasteiger partial charge in [0.05, 0.1) is 38.0 Å². The standard InChI is InChI=1S/C27H31NO9/c1-3-34-25(29)27(28(31)32,26(30)35-4-2)24-16-15-22(36-18-21-13-9-6-10-14-21)23(37-24)19-33-17-20-11-7-5-8-12-20/h5-16,22-24H,3-4,17-19H2,1-2H3/t22-,23+,24-/m0/s1.